The Morgan fingerprint density at radius 2 is 2.12 bits per heavy atom. The minimum Gasteiger partial charge on any atom is -0.487 e. The van der Waals surface area contributed by atoms with Crippen LogP contribution in [0.2, 0.25) is 0 Å². The molecule has 0 radical (unpaired) electrons. The summed E-state index contributed by atoms with van der Waals surface area (Å²) < 4.78 is 5.66. The van der Waals surface area contributed by atoms with E-state index in [0.717, 1.165) is 17.7 Å². The van der Waals surface area contributed by atoms with Crippen LogP contribution in [0.1, 0.15) is 18.1 Å². The first-order valence-electron chi connectivity index (χ1n) is 5.69. The van der Waals surface area contributed by atoms with Gasteiger partial charge in [0.2, 0.25) is 0 Å². The number of hydrogen-bond donors (Lipinski definition) is 1. The van der Waals surface area contributed by atoms with Crippen LogP contribution >= 0.6 is 0 Å². The molecular formula is C14H16N2O. The summed E-state index contributed by atoms with van der Waals surface area (Å²) in [5.41, 5.74) is 8.86. The Bertz CT molecular complexity index is 483. The van der Waals surface area contributed by atoms with Gasteiger partial charge in [0, 0.05) is 18.0 Å². The van der Waals surface area contributed by atoms with E-state index in [1.807, 2.05) is 30.3 Å². The van der Waals surface area contributed by atoms with Gasteiger partial charge in [-0.3, -0.25) is 4.98 Å². The highest BCUT2D eigenvalue weighted by atomic mass is 16.5. The van der Waals surface area contributed by atoms with E-state index in [4.69, 9.17) is 10.5 Å². The van der Waals surface area contributed by atoms with Crippen molar-refractivity contribution in [1.82, 2.24) is 4.98 Å². The Morgan fingerprint density at radius 3 is 2.76 bits per heavy atom. The van der Waals surface area contributed by atoms with E-state index in [0.29, 0.717) is 12.3 Å². The monoisotopic (exact) mass is 228 g/mol. The highest BCUT2D eigenvalue weighted by Gasteiger charge is 2.01. The molecule has 3 nitrogen and oxygen atoms in total. The largest absolute Gasteiger partial charge is 0.487 e. The number of anilines is 1. The molecule has 1 aromatic carbocycles. The fourth-order valence-corrected chi connectivity index (χ4v) is 1.59. The third-order valence-corrected chi connectivity index (χ3v) is 2.60. The summed E-state index contributed by atoms with van der Waals surface area (Å²) >= 11 is 0. The second-order valence-electron chi connectivity index (χ2n) is 3.88. The minimum absolute atomic E-state index is 0.490. The molecule has 1 aromatic heterocycles. The molecule has 3 heteroatoms. The molecule has 0 fully saturated rings. The first-order valence-corrected chi connectivity index (χ1v) is 5.69. The number of rotatable bonds is 4. The van der Waals surface area contributed by atoms with E-state index in [-0.39, 0.29) is 0 Å². The third kappa shape index (κ3) is 2.97. The SMILES string of the molecule is CCc1ccc(OCc2cccnc2)c(N)c1. The van der Waals surface area contributed by atoms with Crippen LogP contribution in [0.15, 0.2) is 42.7 Å². The van der Waals surface area contributed by atoms with E-state index in [9.17, 15) is 0 Å². The molecule has 0 aliphatic rings. The highest BCUT2D eigenvalue weighted by Crippen LogP contribution is 2.23. The quantitative estimate of drug-likeness (QED) is 0.818. The molecule has 2 N–H and O–H groups in total. The molecule has 0 atom stereocenters. The number of ether oxygens (including phenoxy) is 1. The molecule has 0 saturated carbocycles. The molecule has 0 aliphatic heterocycles. The van der Waals surface area contributed by atoms with Crippen LogP contribution in [-0.4, -0.2) is 4.98 Å². The Hall–Kier alpha value is -2.03. The van der Waals surface area contributed by atoms with Crippen molar-refractivity contribution in [2.75, 3.05) is 5.73 Å². The van der Waals surface area contributed by atoms with Crippen molar-refractivity contribution in [3.63, 3.8) is 0 Å². The van der Waals surface area contributed by atoms with Crippen molar-refractivity contribution >= 4 is 5.69 Å². The van der Waals surface area contributed by atoms with Crippen molar-refractivity contribution in [3.8, 4) is 5.75 Å². The maximum absolute atomic E-state index is 5.92. The van der Waals surface area contributed by atoms with Gasteiger partial charge in [-0.05, 0) is 30.2 Å². The van der Waals surface area contributed by atoms with E-state index in [1.165, 1.54) is 5.56 Å². The topological polar surface area (TPSA) is 48.1 Å². The number of aryl methyl sites for hydroxylation is 1. The third-order valence-electron chi connectivity index (χ3n) is 2.60. The molecule has 0 saturated heterocycles. The predicted molar refractivity (Wildman–Crippen MR) is 68.8 cm³/mol. The van der Waals surface area contributed by atoms with E-state index >= 15 is 0 Å². The minimum atomic E-state index is 0.490. The zero-order valence-electron chi connectivity index (χ0n) is 9.89. The summed E-state index contributed by atoms with van der Waals surface area (Å²) in [7, 11) is 0. The molecule has 2 rings (SSSR count). The van der Waals surface area contributed by atoms with Gasteiger partial charge in [-0.25, -0.2) is 0 Å². The van der Waals surface area contributed by atoms with Crippen LogP contribution in [0.25, 0.3) is 0 Å². The van der Waals surface area contributed by atoms with Gasteiger partial charge in [0.05, 0.1) is 5.69 Å². The van der Waals surface area contributed by atoms with Crippen molar-refractivity contribution < 1.29 is 4.74 Å². The summed E-state index contributed by atoms with van der Waals surface area (Å²) in [5, 5.41) is 0. The summed E-state index contributed by atoms with van der Waals surface area (Å²) in [6, 6.07) is 9.78. The molecule has 0 amide bonds. The fourth-order valence-electron chi connectivity index (χ4n) is 1.59. The van der Waals surface area contributed by atoms with Crippen molar-refractivity contribution in [2.24, 2.45) is 0 Å². The predicted octanol–water partition coefficient (Wildman–Crippen LogP) is 2.81. The van der Waals surface area contributed by atoms with Crippen LogP contribution in [0.5, 0.6) is 5.75 Å². The Morgan fingerprint density at radius 1 is 1.24 bits per heavy atom. The molecule has 2 aromatic rings. The van der Waals surface area contributed by atoms with E-state index in [1.54, 1.807) is 12.4 Å². The van der Waals surface area contributed by atoms with Gasteiger partial charge in [0.15, 0.2) is 0 Å². The summed E-state index contributed by atoms with van der Waals surface area (Å²) in [4.78, 5) is 4.04. The number of aromatic nitrogens is 1. The van der Waals surface area contributed by atoms with Crippen LogP contribution in [0.4, 0.5) is 5.69 Å². The van der Waals surface area contributed by atoms with Gasteiger partial charge >= 0.3 is 0 Å². The van der Waals surface area contributed by atoms with Gasteiger partial charge in [-0.2, -0.15) is 0 Å². The average molecular weight is 228 g/mol. The number of nitrogen functional groups attached to an aromatic ring is 1. The molecule has 0 spiro atoms. The number of nitrogens with two attached hydrogens (primary N) is 1. The maximum Gasteiger partial charge on any atom is 0.142 e. The van der Waals surface area contributed by atoms with Crippen LogP contribution in [0, 0.1) is 0 Å². The Labute approximate surface area is 101 Å². The lowest BCUT2D eigenvalue weighted by molar-refractivity contribution is 0.307. The summed E-state index contributed by atoms with van der Waals surface area (Å²) in [6.07, 6.45) is 4.51. The number of hydrogen-bond acceptors (Lipinski definition) is 3. The first kappa shape index (κ1) is 11.5. The van der Waals surface area contributed by atoms with Crippen LogP contribution in [0.3, 0.4) is 0 Å². The van der Waals surface area contributed by atoms with Crippen LogP contribution in [-0.2, 0) is 13.0 Å². The van der Waals surface area contributed by atoms with Gasteiger partial charge in [-0.15, -0.1) is 0 Å². The molecule has 0 unspecified atom stereocenters. The molecule has 88 valence electrons. The van der Waals surface area contributed by atoms with E-state index in [2.05, 4.69) is 11.9 Å². The Balaban J connectivity index is 2.04. The standard InChI is InChI=1S/C14H16N2O/c1-2-11-5-6-14(13(15)8-11)17-10-12-4-3-7-16-9-12/h3-9H,2,10,15H2,1H3. The van der Waals surface area contributed by atoms with E-state index < -0.39 is 0 Å². The van der Waals surface area contributed by atoms with Gasteiger partial charge in [-0.1, -0.05) is 19.1 Å². The van der Waals surface area contributed by atoms with Gasteiger partial charge < -0.3 is 10.5 Å². The molecular weight excluding hydrogens is 212 g/mol. The lowest BCUT2D eigenvalue weighted by Crippen LogP contribution is -1.99. The number of pyridine rings is 1. The summed E-state index contributed by atoms with van der Waals surface area (Å²) in [6.45, 7) is 2.59. The number of nitrogens with zero attached hydrogens (tertiary/aromatic N) is 1. The van der Waals surface area contributed by atoms with Gasteiger partial charge in [0.25, 0.3) is 0 Å². The zero-order valence-corrected chi connectivity index (χ0v) is 9.89. The normalized spacial score (nSPS) is 10.2. The van der Waals surface area contributed by atoms with Crippen LogP contribution < -0.4 is 10.5 Å². The average Bonchev–Trinajstić information content (AvgIpc) is 2.38. The second kappa shape index (κ2) is 5.34. The first-order chi connectivity index (χ1) is 8.29. The molecule has 0 bridgehead atoms. The van der Waals surface area contributed by atoms with Crippen molar-refractivity contribution in [2.45, 2.75) is 20.0 Å². The summed E-state index contributed by atoms with van der Waals surface area (Å²) in [5.74, 6) is 0.728. The Kier molecular flexibility index (Phi) is 3.60. The lowest BCUT2D eigenvalue weighted by Gasteiger charge is -2.09. The van der Waals surface area contributed by atoms with Crippen molar-refractivity contribution in [1.29, 1.82) is 0 Å². The van der Waals surface area contributed by atoms with Crippen molar-refractivity contribution in [3.05, 3.63) is 53.9 Å². The molecule has 1 heterocycles. The smallest absolute Gasteiger partial charge is 0.142 e. The highest BCUT2D eigenvalue weighted by molar-refractivity contribution is 5.54. The number of benzene rings is 1. The zero-order chi connectivity index (χ0) is 12.1. The van der Waals surface area contributed by atoms with Gasteiger partial charge in [0.1, 0.15) is 12.4 Å². The molecule has 17 heavy (non-hydrogen) atoms. The lowest BCUT2D eigenvalue weighted by atomic mass is 10.1. The molecule has 0 aliphatic carbocycles. The second-order valence-corrected chi connectivity index (χ2v) is 3.88. The fraction of sp³-hybridized carbons (Fsp3) is 0.214. The maximum atomic E-state index is 5.92.